The Morgan fingerprint density at radius 2 is 2.55 bits per heavy atom. The van der Waals surface area contributed by atoms with Gasteiger partial charge in [0.05, 0.1) is 6.04 Å². The molecule has 0 aromatic carbocycles. The Bertz CT molecular complexity index is 265. The quantitative estimate of drug-likeness (QED) is 0.620. The second-order valence-corrected chi connectivity index (χ2v) is 2.10. The zero-order valence-corrected chi connectivity index (χ0v) is 5.90. The van der Waals surface area contributed by atoms with Crippen LogP contribution in [0.25, 0.3) is 0 Å². The van der Waals surface area contributed by atoms with Crippen LogP contribution in [0.15, 0.2) is 30.6 Å². The summed E-state index contributed by atoms with van der Waals surface area (Å²) in [4.78, 5) is 13.8. The van der Waals surface area contributed by atoms with Crippen LogP contribution in [0.1, 0.15) is 11.6 Å². The van der Waals surface area contributed by atoms with E-state index in [0.717, 1.165) is 5.56 Å². The molecule has 0 amide bonds. The van der Waals surface area contributed by atoms with E-state index in [1.165, 1.54) is 6.08 Å². The second-order valence-electron chi connectivity index (χ2n) is 2.10. The van der Waals surface area contributed by atoms with Gasteiger partial charge in [0.1, 0.15) is 5.94 Å². The molecule has 1 atom stereocenters. The first-order valence-corrected chi connectivity index (χ1v) is 3.21. The van der Waals surface area contributed by atoms with E-state index in [-0.39, 0.29) is 6.04 Å². The molecule has 1 heterocycles. The minimum absolute atomic E-state index is 0.388. The summed E-state index contributed by atoms with van der Waals surface area (Å²) in [7, 11) is 0. The molecule has 0 fully saturated rings. The average molecular weight is 148 g/mol. The maximum Gasteiger partial charge on any atom is 0.122 e. The molecule has 3 heteroatoms. The van der Waals surface area contributed by atoms with Crippen LogP contribution in [0.3, 0.4) is 0 Å². The van der Waals surface area contributed by atoms with Gasteiger partial charge in [-0.1, -0.05) is 6.07 Å². The number of hydrogen-bond acceptors (Lipinski definition) is 3. The topological polar surface area (TPSA) is 56.0 Å². The lowest BCUT2D eigenvalue weighted by atomic mass is 10.1. The molecule has 0 bridgehead atoms. The first-order chi connectivity index (χ1) is 5.34. The number of rotatable bonds is 2. The minimum Gasteiger partial charge on any atom is -0.320 e. The van der Waals surface area contributed by atoms with E-state index in [0.29, 0.717) is 0 Å². The number of nitrogens with two attached hydrogens (primary N) is 1. The first-order valence-electron chi connectivity index (χ1n) is 3.21. The molecule has 0 aliphatic carbocycles. The third kappa shape index (κ3) is 2.00. The normalized spacial score (nSPS) is 11.7. The maximum absolute atomic E-state index is 9.91. The Balaban J connectivity index is 2.84. The highest BCUT2D eigenvalue weighted by Crippen LogP contribution is 2.06. The van der Waals surface area contributed by atoms with Crippen molar-refractivity contribution in [1.29, 1.82) is 0 Å². The van der Waals surface area contributed by atoms with E-state index in [4.69, 9.17) is 5.73 Å². The van der Waals surface area contributed by atoms with Crippen molar-refractivity contribution in [2.75, 3.05) is 0 Å². The van der Waals surface area contributed by atoms with Gasteiger partial charge in [0.2, 0.25) is 0 Å². The zero-order chi connectivity index (χ0) is 8.10. The fraction of sp³-hybridized carbons (Fsp3) is 0.125. The Hall–Kier alpha value is -1.44. The van der Waals surface area contributed by atoms with Gasteiger partial charge in [-0.25, -0.2) is 4.79 Å². The molecule has 3 nitrogen and oxygen atoms in total. The van der Waals surface area contributed by atoms with E-state index in [1.807, 2.05) is 6.07 Å². The predicted molar refractivity (Wildman–Crippen MR) is 41.4 cm³/mol. The van der Waals surface area contributed by atoms with Crippen molar-refractivity contribution in [3.05, 3.63) is 36.2 Å². The molecule has 1 rings (SSSR count). The van der Waals surface area contributed by atoms with Crippen LogP contribution in [0.4, 0.5) is 0 Å². The summed E-state index contributed by atoms with van der Waals surface area (Å²) in [5.74, 6) is 1.64. The largest absolute Gasteiger partial charge is 0.320 e. The summed E-state index contributed by atoms with van der Waals surface area (Å²) < 4.78 is 0. The van der Waals surface area contributed by atoms with E-state index >= 15 is 0 Å². The van der Waals surface area contributed by atoms with E-state index < -0.39 is 0 Å². The molecule has 56 valence electrons. The maximum atomic E-state index is 9.91. The highest BCUT2D eigenvalue weighted by atomic mass is 16.1. The molecule has 11 heavy (non-hydrogen) atoms. The Kier molecular flexibility index (Phi) is 2.55. The number of aromatic nitrogens is 1. The number of pyridine rings is 1. The molecule has 0 saturated heterocycles. The Morgan fingerprint density at radius 1 is 1.73 bits per heavy atom. The molecule has 0 aliphatic heterocycles. The Morgan fingerprint density at radius 3 is 3.09 bits per heavy atom. The summed E-state index contributed by atoms with van der Waals surface area (Å²) in [6.45, 7) is 0. The molecule has 0 aliphatic rings. The van der Waals surface area contributed by atoms with Gasteiger partial charge in [-0.15, -0.1) is 0 Å². The van der Waals surface area contributed by atoms with Gasteiger partial charge in [0.15, 0.2) is 0 Å². The monoisotopic (exact) mass is 148 g/mol. The molecule has 1 aromatic rings. The highest BCUT2D eigenvalue weighted by molar-refractivity contribution is 5.47. The van der Waals surface area contributed by atoms with Gasteiger partial charge in [-0.2, -0.15) is 0 Å². The minimum atomic E-state index is -0.388. The molecular formula is C8H8N2O. The van der Waals surface area contributed by atoms with Gasteiger partial charge in [0.25, 0.3) is 0 Å². The summed E-state index contributed by atoms with van der Waals surface area (Å²) >= 11 is 0. The van der Waals surface area contributed by atoms with Crippen LogP contribution >= 0.6 is 0 Å². The van der Waals surface area contributed by atoms with Crippen molar-refractivity contribution in [1.82, 2.24) is 4.98 Å². The van der Waals surface area contributed by atoms with Crippen LogP contribution < -0.4 is 5.73 Å². The summed E-state index contributed by atoms with van der Waals surface area (Å²) in [5, 5.41) is 0. The summed E-state index contributed by atoms with van der Waals surface area (Å²) in [6, 6.07) is 3.19. The van der Waals surface area contributed by atoms with Crippen LogP contribution in [-0.2, 0) is 4.79 Å². The molecule has 2 N–H and O–H groups in total. The molecule has 0 saturated carbocycles. The van der Waals surface area contributed by atoms with Crippen LogP contribution in [0, 0.1) is 0 Å². The van der Waals surface area contributed by atoms with Crippen molar-refractivity contribution >= 4 is 5.94 Å². The lowest BCUT2D eigenvalue weighted by Crippen LogP contribution is -2.06. The average Bonchev–Trinajstić information content (AvgIpc) is 2.07. The highest BCUT2D eigenvalue weighted by Gasteiger charge is 1.99. The molecule has 1 aromatic heterocycles. The fourth-order valence-corrected chi connectivity index (χ4v) is 0.743. The standard InChI is InChI=1S/C8H8N2O/c9-8(3-5-11)7-2-1-4-10-6-7/h1-4,6,8H,9H2. The summed E-state index contributed by atoms with van der Waals surface area (Å²) in [6.07, 6.45) is 4.54. The number of nitrogens with zero attached hydrogens (tertiary/aromatic N) is 1. The smallest absolute Gasteiger partial charge is 0.122 e. The van der Waals surface area contributed by atoms with Gasteiger partial charge >= 0.3 is 0 Å². The predicted octanol–water partition coefficient (Wildman–Crippen LogP) is 0.469. The van der Waals surface area contributed by atoms with Crippen molar-refractivity contribution in [3.8, 4) is 0 Å². The molecule has 0 spiro atoms. The van der Waals surface area contributed by atoms with E-state index in [2.05, 4.69) is 4.98 Å². The zero-order valence-electron chi connectivity index (χ0n) is 5.90. The van der Waals surface area contributed by atoms with Crippen LogP contribution in [0.2, 0.25) is 0 Å². The van der Waals surface area contributed by atoms with Crippen molar-refractivity contribution in [2.24, 2.45) is 5.73 Å². The molecule has 1 unspecified atom stereocenters. The first kappa shape index (κ1) is 7.66. The van der Waals surface area contributed by atoms with Crippen LogP contribution in [0.5, 0.6) is 0 Å². The third-order valence-corrected chi connectivity index (χ3v) is 1.32. The van der Waals surface area contributed by atoms with Gasteiger partial charge < -0.3 is 5.73 Å². The Labute approximate surface area is 64.6 Å². The molecular weight excluding hydrogens is 140 g/mol. The van der Waals surface area contributed by atoms with Gasteiger partial charge in [0, 0.05) is 18.5 Å². The van der Waals surface area contributed by atoms with Crippen molar-refractivity contribution in [3.63, 3.8) is 0 Å². The van der Waals surface area contributed by atoms with E-state index in [9.17, 15) is 4.79 Å². The second kappa shape index (κ2) is 3.66. The summed E-state index contributed by atoms with van der Waals surface area (Å²) in [5.41, 5.74) is 6.36. The van der Waals surface area contributed by atoms with Gasteiger partial charge in [-0.05, 0) is 11.6 Å². The van der Waals surface area contributed by atoms with Crippen LogP contribution in [-0.4, -0.2) is 10.9 Å². The lowest BCUT2D eigenvalue weighted by Gasteiger charge is -2.01. The molecule has 0 radical (unpaired) electrons. The number of hydrogen-bond donors (Lipinski definition) is 1. The number of carbonyl (C=O) groups excluding carboxylic acids is 1. The van der Waals surface area contributed by atoms with Crippen molar-refractivity contribution in [2.45, 2.75) is 6.04 Å². The van der Waals surface area contributed by atoms with Gasteiger partial charge in [-0.3, -0.25) is 4.98 Å². The van der Waals surface area contributed by atoms with E-state index in [1.54, 1.807) is 24.4 Å². The lowest BCUT2D eigenvalue weighted by molar-refractivity contribution is 0.567. The third-order valence-electron chi connectivity index (χ3n) is 1.32. The SMILES string of the molecule is NC(C=C=O)c1cccnc1. The van der Waals surface area contributed by atoms with Crippen molar-refractivity contribution < 1.29 is 4.79 Å². The fourth-order valence-electron chi connectivity index (χ4n) is 0.743.